The van der Waals surface area contributed by atoms with E-state index in [4.69, 9.17) is 11.6 Å². The van der Waals surface area contributed by atoms with Gasteiger partial charge in [-0.3, -0.25) is 14.5 Å². The Morgan fingerprint density at radius 3 is 2.67 bits per heavy atom. The van der Waals surface area contributed by atoms with Gasteiger partial charge in [-0.25, -0.2) is 9.38 Å². The fraction of sp³-hybridized carbons (Fsp3) is 0.211. The van der Waals surface area contributed by atoms with Gasteiger partial charge in [0, 0.05) is 24.2 Å². The Balaban J connectivity index is 1.78. The minimum atomic E-state index is -0.626. The summed E-state index contributed by atoms with van der Waals surface area (Å²) in [6.07, 6.45) is 0.0574. The van der Waals surface area contributed by atoms with Crippen LogP contribution in [0, 0.1) is 12.7 Å². The van der Waals surface area contributed by atoms with Crippen LogP contribution in [0.15, 0.2) is 47.5 Å². The number of hydrogen-bond acceptors (Lipinski definition) is 4. The van der Waals surface area contributed by atoms with E-state index in [1.807, 2.05) is 13.0 Å². The van der Waals surface area contributed by atoms with Gasteiger partial charge in [0.05, 0.1) is 5.69 Å². The first-order valence-corrected chi connectivity index (χ1v) is 9.44. The van der Waals surface area contributed by atoms with E-state index in [9.17, 15) is 14.0 Å². The van der Waals surface area contributed by atoms with Crippen LogP contribution in [-0.4, -0.2) is 34.2 Å². The van der Waals surface area contributed by atoms with Crippen molar-refractivity contribution in [3.8, 4) is 0 Å². The first kappa shape index (κ1) is 19.4. The van der Waals surface area contributed by atoms with Crippen molar-refractivity contribution < 1.29 is 14.0 Å². The molecular formula is C19H17ClFN3O2S. The van der Waals surface area contributed by atoms with Gasteiger partial charge in [-0.2, -0.15) is 0 Å². The highest BCUT2D eigenvalue weighted by Gasteiger charge is 2.34. The van der Waals surface area contributed by atoms with Crippen LogP contribution >= 0.6 is 23.4 Å². The minimum Gasteiger partial charge on any atom is -0.325 e. The van der Waals surface area contributed by atoms with Crippen LogP contribution in [0.25, 0.3) is 0 Å². The number of aryl methyl sites for hydroxylation is 1. The third kappa shape index (κ3) is 4.67. The number of carbonyl (C=O) groups excluding carboxylic acids is 2. The third-order valence-corrected chi connectivity index (χ3v) is 5.70. The molecule has 1 N–H and O–H groups in total. The zero-order valence-corrected chi connectivity index (χ0v) is 16.3. The van der Waals surface area contributed by atoms with Crippen molar-refractivity contribution >= 4 is 51.7 Å². The lowest BCUT2D eigenvalue weighted by atomic mass is 10.2. The number of thioether (sulfide) groups is 1. The molecule has 1 saturated heterocycles. The van der Waals surface area contributed by atoms with E-state index in [1.54, 1.807) is 19.2 Å². The van der Waals surface area contributed by atoms with Gasteiger partial charge in [0.15, 0.2) is 5.17 Å². The Kier molecular flexibility index (Phi) is 5.82. The van der Waals surface area contributed by atoms with Crippen molar-refractivity contribution in [1.82, 2.24) is 4.90 Å². The number of nitrogens with one attached hydrogen (secondary N) is 1. The number of benzene rings is 2. The quantitative estimate of drug-likeness (QED) is 0.824. The average molecular weight is 406 g/mol. The molecule has 3 rings (SSSR count). The molecule has 1 heterocycles. The number of amidine groups is 1. The van der Waals surface area contributed by atoms with Crippen LogP contribution in [0.4, 0.5) is 15.8 Å². The van der Waals surface area contributed by atoms with Crippen LogP contribution in [-0.2, 0) is 9.59 Å². The molecule has 0 aliphatic carbocycles. The molecule has 2 aromatic carbocycles. The van der Waals surface area contributed by atoms with Crippen molar-refractivity contribution in [1.29, 1.82) is 0 Å². The molecule has 0 unspecified atom stereocenters. The molecule has 0 bridgehead atoms. The predicted molar refractivity (Wildman–Crippen MR) is 107 cm³/mol. The molecular weight excluding hydrogens is 389 g/mol. The van der Waals surface area contributed by atoms with Gasteiger partial charge in [-0.05, 0) is 48.9 Å². The number of rotatable bonds is 3. The van der Waals surface area contributed by atoms with Crippen molar-refractivity contribution in [2.24, 2.45) is 4.99 Å². The largest absolute Gasteiger partial charge is 0.325 e. The van der Waals surface area contributed by atoms with Gasteiger partial charge >= 0.3 is 0 Å². The average Bonchev–Trinajstić information content (AvgIpc) is 2.63. The summed E-state index contributed by atoms with van der Waals surface area (Å²) in [5.74, 6) is -0.921. The number of carbonyl (C=O) groups is 2. The Labute approximate surface area is 165 Å². The first-order chi connectivity index (χ1) is 12.8. The normalized spacial score (nSPS) is 18.7. The predicted octanol–water partition coefficient (Wildman–Crippen LogP) is 4.38. The molecule has 0 spiro atoms. The van der Waals surface area contributed by atoms with E-state index in [0.29, 0.717) is 21.6 Å². The molecule has 27 heavy (non-hydrogen) atoms. The number of nitrogens with zero attached hydrogens (tertiary/aromatic N) is 2. The van der Waals surface area contributed by atoms with Gasteiger partial charge < -0.3 is 5.32 Å². The number of hydrogen-bond donors (Lipinski definition) is 1. The highest BCUT2D eigenvalue weighted by Crippen LogP contribution is 2.30. The lowest BCUT2D eigenvalue weighted by Crippen LogP contribution is -2.43. The summed E-state index contributed by atoms with van der Waals surface area (Å²) in [6, 6.07) is 10.8. The van der Waals surface area contributed by atoms with Crippen molar-refractivity contribution in [3.63, 3.8) is 0 Å². The topological polar surface area (TPSA) is 61.8 Å². The summed E-state index contributed by atoms with van der Waals surface area (Å²) in [4.78, 5) is 30.7. The molecule has 0 aromatic heterocycles. The molecule has 2 aromatic rings. The molecule has 1 fully saturated rings. The molecule has 1 atom stereocenters. The second kappa shape index (κ2) is 8.10. The van der Waals surface area contributed by atoms with Gasteiger partial charge in [-0.15, -0.1) is 0 Å². The van der Waals surface area contributed by atoms with Gasteiger partial charge in [0.2, 0.25) is 11.8 Å². The second-order valence-corrected chi connectivity index (χ2v) is 7.66. The molecule has 140 valence electrons. The zero-order chi connectivity index (χ0) is 19.6. The zero-order valence-electron chi connectivity index (χ0n) is 14.7. The van der Waals surface area contributed by atoms with E-state index in [-0.39, 0.29) is 24.1 Å². The molecule has 1 aliphatic rings. The van der Waals surface area contributed by atoms with Gasteiger partial charge in [0.25, 0.3) is 0 Å². The second-order valence-electron chi connectivity index (χ2n) is 6.09. The fourth-order valence-electron chi connectivity index (χ4n) is 2.42. The van der Waals surface area contributed by atoms with E-state index in [2.05, 4.69) is 10.3 Å². The number of amides is 2. The van der Waals surface area contributed by atoms with E-state index in [1.165, 1.54) is 40.9 Å². The SMILES string of the molecule is Cc1ccc(N=C2S[C@H](C(=O)Nc3ccc(F)cc3)CC(=O)N2C)cc1Cl. The Hall–Kier alpha value is -2.38. The maximum atomic E-state index is 13.0. The molecule has 5 nitrogen and oxygen atoms in total. The smallest absolute Gasteiger partial charge is 0.238 e. The molecule has 2 amide bonds. The summed E-state index contributed by atoms with van der Waals surface area (Å²) in [5, 5.41) is 3.08. The highest BCUT2D eigenvalue weighted by molar-refractivity contribution is 8.15. The molecule has 0 radical (unpaired) electrons. The number of aliphatic imine (C=N–C) groups is 1. The highest BCUT2D eigenvalue weighted by atomic mass is 35.5. The van der Waals surface area contributed by atoms with Crippen molar-refractivity contribution in [2.45, 2.75) is 18.6 Å². The van der Waals surface area contributed by atoms with Crippen LogP contribution in [0.3, 0.4) is 0 Å². The molecule has 1 aliphatic heterocycles. The number of anilines is 1. The van der Waals surface area contributed by atoms with Crippen LogP contribution < -0.4 is 5.32 Å². The standard InChI is InChI=1S/C19H17ClFN3O2S/c1-11-3-6-14(9-15(11)20)23-19-24(2)17(25)10-16(27-19)18(26)22-13-7-4-12(21)5-8-13/h3-9,16H,10H2,1-2H3,(H,22,26)/t16-/m0/s1. The van der Waals surface area contributed by atoms with Crippen LogP contribution in [0.5, 0.6) is 0 Å². The van der Waals surface area contributed by atoms with Gasteiger partial charge in [0.1, 0.15) is 11.1 Å². The summed E-state index contributed by atoms with van der Waals surface area (Å²) in [6.45, 7) is 1.89. The van der Waals surface area contributed by atoms with Crippen molar-refractivity contribution in [2.75, 3.05) is 12.4 Å². The minimum absolute atomic E-state index is 0.0574. The monoisotopic (exact) mass is 405 g/mol. The summed E-state index contributed by atoms with van der Waals surface area (Å²) < 4.78 is 13.0. The Morgan fingerprint density at radius 2 is 2.00 bits per heavy atom. The maximum Gasteiger partial charge on any atom is 0.238 e. The summed E-state index contributed by atoms with van der Waals surface area (Å²) in [7, 11) is 1.62. The lowest BCUT2D eigenvalue weighted by Gasteiger charge is -2.28. The molecule has 8 heteroatoms. The molecule has 0 saturated carbocycles. The third-order valence-electron chi connectivity index (χ3n) is 4.05. The van der Waals surface area contributed by atoms with Crippen LogP contribution in [0.2, 0.25) is 5.02 Å². The lowest BCUT2D eigenvalue weighted by molar-refractivity contribution is -0.128. The Bertz CT molecular complexity index is 918. The first-order valence-electron chi connectivity index (χ1n) is 8.18. The van der Waals surface area contributed by atoms with E-state index in [0.717, 1.165) is 5.56 Å². The number of halogens is 2. The van der Waals surface area contributed by atoms with E-state index < -0.39 is 5.25 Å². The van der Waals surface area contributed by atoms with Gasteiger partial charge in [-0.1, -0.05) is 29.4 Å². The summed E-state index contributed by atoms with van der Waals surface area (Å²) in [5.41, 5.74) is 2.00. The summed E-state index contributed by atoms with van der Waals surface area (Å²) >= 11 is 7.33. The van der Waals surface area contributed by atoms with E-state index >= 15 is 0 Å². The Morgan fingerprint density at radius 1 is 1.30 bits per heavy atom. The van der Waals surface area contributed by atoms with Crippen LogP contribution in [0.1, 0.15) is 12.0 Å². The maximum absolute atomic E-state index is 13.0. The van der Waals surface area contributed by atoms with Crippen molar-refractivity contribution in [3.05, 3.63) is 58.9 Å². The fourth-order valence-corrected chi connectivity index (χ4v) is 3.65.